The number of carbonyl (C=O) groups excluding carboxylic acids is 1. The van der Waals surface area contributed by atoms with E-state index in [2.05, 4.69) is 33.1 Å². The Bertz CT molecular complexity index is 2120. The number of thioether (sulfide) groups is 1. The van der Waals surface area contributed by atoms with E-state index in [1.807, 2.05) is 90.4 Å². The van der Waals surface area contributed by atoms with Crippen LogP contribution in [0, 0.1) is 0 Å². The van der Waals surface area contributed by atoms with Gasteiger partial charge in [-0.15, -0.1) is 11.8 Å². The molecule has 9 nitrogen and oxygen atoms in total. The van der Waals surface area contributed by atoms with Crippen molar-refractivity contribution >= 4 is 50.8 Å². The number of hydrogen-bond acceptors (Lipinski definition) is 9. The van der Waals surface area contributed by atoms with Gasteiger partial charge in [-0.1, -0.05) is 66.2 Å². The Morgan fingerprint density at radius 2 is 1.64 bits per heavy atom. The fraction of sp³-hybridized carbons (Fsp3) is 0.250. The molecular weight excluding hydrogens is 769 g/mol. The predicted molar refractivity (Wildman–Crippen MR) is 215 cm³/mol. The maximum Gasteiger partial charge on any atom is 0.418 e. The van der Waals surface area contributed by atoms with Crippen molar-refractivity contribution in [2.75, 3.05) is 50.1 Å². The van der Waals surface area contributed by atoms with Gasteiger partial charge in [-0.25, -0.2) is 18.1 Å². The van der Waals surface area contributed by atoms with Crippen molar-refractivity contribution in [1.82, 2.24) is 19.9 Å². The minimum Gasteiger partial charge on any atom is -0.381 e. The number of nitrogens with zero attached hydrogens (tertiary/aromatic N) is 2. The zero-order chi connectivity index (χ0) is 39.4. The second kappa shape index (κ2) is 19.3. The average Bonchev–Trinajstić information content (AvgIpc) is 3.16. The third-order valence-electron chi connectivity index (χ3n) is 8.43. The second-order valence-corrected chi connectivity index (χ2v) is 16.1. The van der Waals surface area contributed by atoms with Gasteiger partial charge < -0.3 is 20.9 Å². The molecule has 0 aliphatic carbocycles. The zero-order valence-electron chi connectivity index (χ0n) is 30.2. The molecule has 0 radical (unpaired) electrons. The van der Waals surface area contributed by atoms with E-state index in [1.165, 1.54) is 30.1 Å². The number of hydrogen-bond donors (Lipinski definition) is 4. The van der Waals surface area contributed by atoms with E-state index < -0.39 is 32.6 Å². The Morgan fingerprint density at radius 3 is 2.33 bits per heavy atom. The van der Waals surface area contributed by atoms with Crippen LogP contribution in [0.3, 0.4) is 0 Å². The van der Waals surface area contributed by atoms with Gasteiger partial charge in [0.25, 0.3) is 15.9 Å². The van der Waals surface area contributed by atoms with Crippen LogP contribution in [-0.4, -0.2) is 69.7 Å². The van der Waals surface area contributed by atoms with Gasteiger partial charge in [0.05, 0.1) is 16.0 Å². The van der Waals surface area contributed by atoms with Crippen molar-refractivity contribution in [3.05, 3.63) is 137 Å². The molecule has 0 aliphatic heterocycles. The molecule has 0 aliphatic rings. The molecule has 1 aromatic heterocycles. The lowest BCUT2D eigenvalue weighted by atomic mass is 10.00. The Kier molecular flexibility index (Phi) is 14.6. The van der Waals surface area contributed by atoms with Gasteiger partial charge in [-0.3, -0.25) is 4.79 Å². The van der Waals surface area contributed by atoms with Gasteiger partial charge in [0.1, 0.15) is 5.82 Å². The Morgan fingerprint density at radius 1 is 0.909 bits per heavy atom. The van der Waals surface area contributed by atoms with Gasteiger partial charge >= 0.3 is 6.18 Å². The van der Waals surface area contributed by atoms with Crippen LogP contribution in [0.15, 0.2) is 125 Å². The first-order chi connectivity index (χ1) is 26.3. The summed E-state index contributed by atoms with van der Waals surface area (Å²) in [7, 11) is -0.918. The number of carbonyl (C=O) groups is 1. The maximum absolute atomic E-state index is 14.3. The monoisotopic (exact) mass is 810 g/mol. The number of halogens is 4. The number of benzene rings is 4. The Hall–Kier alpha value is -4.60. The van der Waals surface area contributed by atoms with Crippen molar-refractivity contribution in [3.63, 3.8) is 0 Å². The Labute approximate surface area is 329 Å². The molecule has 0 bridgehead atoms. The third-order valence-corrected chi connectivity index (χ3v) is 11.2. The minimum atomic E-state index is -4.87. The number of pyridine rings is 1. The highest BCUT2D eigenvalue weighted by Gasteiger charge is 2.36. The lowest BCUT2D eigenvalue weighted by Crippen LogP contribution is -2.31. The molecule has 0 saturated heterocycles. The van der Waals surface area contributed by atoms with Crippen molar-refractivity contribution in [2.24, 2.45) is 0 Å². The first-order valence-electron chi connectivity index (χ1n) is 17.4. The number of nitrogens with one attached hydrogen (secondary N) is 4. The molecule has 15 heteroatoms. The van der Waals surface area contributed by atoms with Crippen molar-refractivity contribution in [1.29, 1.82) is 0 Å². The molecule has 290 valence electrons. The van der Waals surface area contributed by atoms with Crippen LogP contribution in [0.4, 0.5) is 24.7 Å². The number of aromatic nitrogens is 1. The smallest absolute Gasteiger partial charge is 0.381 e. The van der Waals surface area contributed by atoms with Crippen LogP contribution in [0.25, 0.3) is 11.1 Å². The topological polar surface area (TPSA) is 115 Å². The van der Waals surface area contributed by atoms with Crippen LogP contribution < -0.4 is 20.7 Å². The summed E-state index contributed by atoms with van der Waals surface area (Å²) < 4.78 is 71.3. The number of sulfonamides is 1. The lowest BCUT2D eigenvalue weighted by molar-refractivity contribution is -0.137. The van der Waals surface area contributed by atoms with Gasteiger partial charge in [0.2, 0.25) is 0 Å². The molecule has 1 atom stereocenters. The summed E-state index contributed by atoms with van der Waals surface area (Å²) in [5, 5.41) is 10.2. The predicted octanol–water partition coefficient (Wildman–Crippen LogP) is 8.27. The van der Waals surface area contributed by atoms with Crippen LogP contribution in [-0.2, 0) is 22.7 Å². The first kappa shape index (κ1) is 41.6. The molecule has 0 spiro atoms. The minimum absolute atomic E-state index is 0.0833. The van der Waals surface area contributed by atoms with Crippen LogP contribution in [0.2, 0.25) is 5.02 Å². The zero-order valence-corrected chi connectivity index (χ0v) is 32.6. The maximum atomic E-state index is 14.3. The molecule has 4 aromatic carbocycles. The number of rotatable bonds is 18. The quantitative estimate of drug-likeness (QED) is 0.0513. The van der Waals surface area contributed by atoms with E-state index in [0.717, 1.165) is 33.7 Å². The van der Waals surface area contributed by atoms with Gasteiger partial charge in [0, 0.05) is 53.2 Å². The van der Waals surface area contributed by atoms with E-state index in [-0.39, 0.29) is 17.3 Å². The largest absolute Gasteiger partial charge is 0.418 e. The van der Waals surface area contributed by atoms with Crippen molar-refractivity contribution in [3.8, 4) is 11.1 Å². The first-order valence-corrected chi connectivity index (χ1v) is 20.2. The number of alkyl halides is 3. The fourth-order valence-corrected chi connectivity index (χ4v) is 7.67. The highest BCUT2D eigenvalue weighted by atomic mass is 35.5. The average molecular weight is 811 g/mol. The fourth-order valence-electron chi connectivity index (χ4n) is 5.56. The molecule has 0 unspecified atom stereocenters. The SMILES string of the molecule is CN(C)CC[C@H](CSc1ccccc1)Nc1ccc(S(=O)(=O)NC(=O)c2ccc(NCCNCc3ccccc3-c3ccc(Cl)cc3)nc2)cc1C(F)(F)F. The van der Waals surface area contributed by atoms with E-state index in [4.69, 9.17) is 11.6 Å². The standard InChI is InChI=1S/C40H42ClF3N6O3S2/c1-50(2)23-20-32(27-54-33-9-4-3-5-10-33)48-37-18-17-34(24-36(37)40(42,43)44)55(52,53)49-39(51)30-14-19-38(47-26-30)46-22-21-45-25-29-8-6-7-11-35(29)28-12-15-31(41)16-13-28/h3-19,24,26,32,45,48H,20-23,25,27H2,1-2H3,(H,46,47)(H,49,51)/t32-/m1/s1. The molecule has 55 heavy (non-hydrogen) atoms. The molecule has 5 aromatic rings. The van der Waals surface area contributed by atoms with Gasteiger partial charge in [0.15, 0.2) is 0 Å². The summed E-state index contributed by atoms with van der Waals surface area (Å²) in [6.45, 7) is 2.34. The van der Waals surface area contributed by atoms with Crippen LogP contribution in [0.1, 0.15) is 27.9 Å². The van der Waals surface area contributed by atoms with Crippen molar-refractivity contribution in [2.45, 2.75) is 35.0 Å². The summed E-state index contributed by atoms with van der Waals surface area (Å²) in [6.07, 6.45) is -3.14. The Balaban J connectivity index is 1.17. The van der Waals surface area contributed by atoms with E-state index >= 15 is 0 Å². The molecule has 0 saturated carbocycles. The van der Waals surface area contributed by atoms with Gasteiger partial charge in [-0.05, 0) is 98.3 Å². The highest BCUT2D eigenvalue weighted by molar-refractivity contribution is 7.99. The summed E-state index contributed by atoms with van der Waals surface area (Å²) >= 11 is 7.55. The lowest BCUT2D eigenvalue weighted by Gasteiger charge is -2.24. The summed E-state index contributed by atoms with van der Waals surface area (Å²) in [4.78, 5) is 19.3. The summed E-state index contributed by atoms with van der Waals surface area (Å²) in [5.41, 5.74) is 1.79. The molecule has 5 rings (SSSR count). The van der Waals surface area contributed by atoms with E-state index in [1.54, 1.807) is 0 Å². The molecule has 0 fully saturated rings. The summed E-state index contributed by atoms with van der Waals surface area (Å²) in [5.74, 6) is -0.102. The van der Waals surface area contributed by atoms with Crippen LogP contribution >= 0.6 is 23.4 Å². The molecule has 1 heterocycles. The van der Waals surface area contributed by atoms with Crippen molar-refractivity contribution < 1.29 is 26.4 Å². The van der Waals surface area contributed by atoms with Crippen LogP contribution in [0.5, 0.6) is 0 Å². The molecule has 1 amide bonds. The number of amides is 1. The highest BCUT2D eigenvalue weighted by Crippen LogP contribution is 2.37. The van der Waals surface area contributed by atoms with Gasteiger partial charge in [-0.2, -0.15) is 13.2 Å². The molecular formula is C40H42ClF3N6O3S2. The normalized spacial score (nSPS) is 12.3. The number of anilines is 2. The molecule has 4 N–H and O–H groups in total. The van der Waals surface area contributed by atoms with E-state index in [9.17, 15) is 26.4 Å². The third kappa shape index (κ3) is 12.5. The second-order valence-electron chi connectivity index (χ2n) is 12.9. The van der Waals surface area contributed by atoms with E-state index in [0.29, 0.717) is 55.3 Å². The summed E-state index contributed by atoms with van der Waals surface area (Å²) in [6, 6.07) is 30.5.